The highest BCUT2D eigenvalue weighted by atomic mass is 16.1. The van der Waals surface area contributed by atoms with Gasteiger partial charge in [0.25, 0.3) is 0 Å². The summed E-state index contributed by atoms with van der Waals surface area (Å²) >= 11 is 0. The molecule has 0 spiro atoms. The van der Waals surface area contributed by atoms with Gasteiger partial charge in [-0.25, -0.2) is 0 Å². The van der Waals surface area contributed by atoms with Gasteiger partial charge in [-0.3, -0.25) is 9.69 Å². The van der Waals surface area contributed by atoms with E-state index in [1.54, 1.807) is 7.05 Å². The molecule has 2 aromatic carbocycles. The minimum Gasteiger partial charge on any atom is -0.359 e. The molecule has 0 heterocycles. The van der Waals surface area contributed by atoms with E-state index in [0.717, 1.165) is 45.3 Å². The molecule has 2 aromatic rings. The van der Waals surface area contributed by atoms with Crippen LogP contribution in [0.15, 0.2) is 60.7 Å². The fourth-order valence-corrected chi connectivity index (χ4v) is 4.04. The lowest BCUT2D eigenvalue weighted by molar-refractivity contribution is -0.125. The van der Waals surface area contributed by atoms with Gasteiger partial charge in [-0.1, -0.05) is 60.7 Å². The van der Waals surface area contributed by atoms with Crippen LogP contribution in [0.2, 0.25) is 0 Å². The second kappa shape index (κ2) is 9.54. The first-order chi connectivity index (χ1) is 12.7. The number of hydrogen-bond acceptors (Lipinski definition) is 2. The van der Waals surface area contributed by atoms with Crippen molar-refractivity contribution in [2.45, 2.75) is 38.8 Å². The molecule has 0 radical (unpaired) electrons. The molecule has 0 saturated heterocycles. The van der Waals surface area contributed by atoms with Crippen molar-refractivity contribution in [3.8, 4) is 0 Å². The van der Waals surface area contributed by atoms with E-state index in [9.17, 15) is 4.79 Å². The number of nitrogens with one attached hydrogen (secondary N) is 1. The summed E-state index contributed by atoms with van der Waals surface area (Å²) in [6.07, 6.45) is 4.35. The maximum Gasteiger partial charge on any atom is 0.222 e. The quantitative estimate of drug-likeness (QED) is 0.810. The Hall–Kier alpha value is -2.13. The Balaban J connectivity index is 1.61. The van der Waals surface area contributed by atoms with E-state index in [4.69, 9.17) is 0 Å². The second-order valence-corrected chi connectivity index (χ2v) is 7.47. The van der Waals surface area contributed by atoms with Crippen molar-refractivity contribution in [2.24, 2.45) is 11.8 Å². The Morgan fingerprint density at radius 3 is 1.85 bits per heavy atom. The van der Waals surface area contributed by atoms with Gasteiger partial charge in [0.1, 0.15) is 0 Å². The highest BCUT2D eigenvalue weighted by Gasteiger charge is 2.26. The molecule has 138 valence electrons. The summed E-state index contributed by atoms with van der Waals surface area (Å²) in [5.74, 6) is 1.12. The van der Waals surface area contributed by atoms with Crippen LogP contribution in [0.25, 0.3) is 0 Å². The van der Waals surface area contributed by atoms with E-state index in [1.165, 1.54) is 11.1 Å². The molecule has 1 fully saturated rings. The highest BCUT2D eigenvalue weighted by Crippen LogP contribution is 2.30. The third-order valence-electron chi connectivity index (χ3n) is 5.48. The molecular weight excluding hydrogens is 320 g/mol. The van der Waals surface area contributed by atoms with Crippen LogP contribution in [0, 0.1) is 11.8 Å². The van der Waals surface area contributed by atoms with Crippen molar-refractivity contribution < 1.29 is 4.79 Å². The maximum atomic E-state index is 11.9. The number of benzene rings is 2. The Bertz CT molecular complexity index is 622. The molecule has 1 saturated carbocycles. The molecule has 1 N–H and O–H groups in total. The smallest absolute Gasteiger partial charge is 0.222 e. The largest absolute Gasteiger partial charge is 0.359 e. The van der Waals surface area contributed by atoms with Crippen molar-refractivity contribution in [3.63, 3.8) is 0 Å². The zero-order chi connectivity index (χ0) is 18.2. The van der Waals surface area contributed by atoms with Gasteiger partial charge in [-0.15, -0.1) is 0 Å². The molecule has 0 aromatic heterocycles. The standard InChI is InChI=1S/C23H30N2O/c1-24-23(26)22-14-12-21(13-15-22)18-25(16-19-8-4-2-5-9-19)17-20-10-6-3-7-11-20/h2-11,21-22H,12-18H2,1H3,(H,24,26). The molecule has 0 aliphatic heterocycles. The summed E-state index contributed by atoms with van der Waals surface area (Å²) in [7, 11) is 1.75. The van der Waals surface area contributed by atoms with E-state index in [-0.39, 0.29) is 11.8 Å². The monoisotopic (exact) mass is 350 g/mol. The molecule has 3 heteroatoms. The normalized spacial score (nSPS) is 20.1. The maximum absolute atomic E-state index is 11.9. The molecular formula is C23H30N2O. The molecule has 0 atom stereocenters. The van der Waals surface area contributed by atoms with Gasteiger partial charge in [0.15, 0.2) is 0 Å². The number of carbonyl (C=O) groups excluding carboxylic acids is 1. The van der Waals surface area contributed by atoms with Gasteiger partial charge in [0, 0.05) is 32.6 Å². The first-order valence-corrected chi connectivity index (χ1v) is 9.76. The molecule has 0 bridgehead atoms. The number of carbonyl (C=O) groups is 1. The van der Waals surface area contributed by atoms with Gasteiger partial charge in [0.2, 0.25) is 5.91 Å². The number of nitrogens with zero attached hydrogens (tertiary/aromatic N) is 1. The lowest BCUT2D eigenvalue weighted by atomic mass is 9.81. The predicted molar refractivity (Wildman–Crippen MR) is 107 cm³/mol. The van der Waals surface area contributed by atoms with Crippen molar-refractivity contribution in [2.75, 3.05) is 13.6 Å². The van der Waals surface area contributed by atoms with Crippen molar-refractivity contribution in [1.29, 1.82) is 0 Å². The number of hydrogen-bond donors (Lipinski definition) is 1. The third-order valence-corrected chi connectivity index (χ3v) is 5.48. The Morgan fingerprint density at radius 1 is 0.885 bits per heavy atom. The first-order valence-electron chi connectivity index (χ1n) is 9.76. The molecule has 1 aliphatic rings. The van der Waals surface area contributed by atoms with Crippen LogP contribution in [0.3, 0.4) is 0 Å². The SMILES string of the molecule is CNC(=O)C1CCC(CN(Cc2ccccc2)Cc2ccccc2)CC1. The van der Waals surface area contributed by atoms with E-state index in [0.29, 0.717) is 5.92 Å². The molecule has 3 rings (SSSR count). The van der Waals surface area contributed by atoms with E-state index in [2.05, 4.69) is 70.9 Å². The summed E-state index contributed by atoms with van der Waals surface area (Å²) in [6, 6.07) is 21.4. The van der Waals surface area contributed by atoms with Gasteiger partial charge in [-0.2, -0.15) is 0 Å². The average Bonchev–Trinajstić information content (AvgIpc) is 2.69. The van der Waals surface area contributed by atoms with E-state index in [1.807, 2.05) is 0 Å². The summed E-state index contributed by atoms with van der Waals surface area (Å²) in [4.78, 5) is 14.4. The molecule has 1 amide bonds. The van der Waals surface area contributed by atoms with Crippen LogP contribution in [-0.4, -0.2) is 24.4 Å². The Kier molecular flexibility index (Phi) is 6.84. The van der Waals surface area contributed by atoms with Crippen LogP contribution in [-0.2, 0) is 17.9 Å². The van der Waals surface area contributed by atoms with Crippen molar-refractivity contribution in [3.05, 3.63) is 71.8 Å². The lowest BCUT2D eigenvalue weighted by Crippen LogP contribution is -2.34. The zero-order valence-corrected chi connectivity index (χ0v) is 15.7. The van der Waals surface area contributed by atoms with Crippen molar-refractivity contribution in [1.82, 2.24) is 10.2 Å². The average molecular weight is 351 g/mol. The van der Waals surface area contributed by atoms with E-state index < -0.39 is 0 Å². The fourth-order valence-electron chi connectivity index (χ4n) is 4.04. The molecule has 26 heavy (non-hydrogen) atoms. The zero-order valence-electron chi connectivity index (χ0n) is 15.7. The van der Waals surface area contributed by atoms with Gasteiger partial charge in [-0.05, 0) is 42.7 Å². The van der Waals surface area contributed by atoms with Gasteiger partial charge in [0.05, 0.1) is 0 Å². The minimum absolute atomic E-state index is 0.216. The predicted octanol–water partition coefficient (Wildman–Crippen LogP) is 4.24. The van der Waals surface area contributed by atoms with Crippen LogP contribution >= 0.6 is 0 Å². The molecule has 3 nitrogen and oxygen atoms in total. The van der Waals surface area contributed by atoms with Crippen molar-refractivity contribution >= 4 is 5.91 Å². The summed E-state index contributed by atoms with van der Waals surface area (Å²) in [5, 5.41) is 2.81. The minimum atomic E-state index is 0.216. The highest BCUT2D eigenvalue weighted by molar-refractivity contribution is 5.78. The second-order valence-electron chi connectivity index (χ2n) is 7.47. The topological polar surface area (TPSA) is 32.3 Å². The number of amides is 1. The Morgan fingerprint density at radius 2 is 1.38 bits per heavy atom. The van der Waals surface area contributed by atoms with Crippen LogP contribution in [0.1, 0.15) is 36.8 Å². The summed E-state index contributed by atoms with van der Waals surface area (Å²) in [6.45, 7) is 3.06. The van der Waals surface area contributed by atoms with E-state index >= 15 is 0 Å². The fraction of sp³-hybridized carbons (Fsp3) is 0.435. The van der Waals surface area contributed by atoms with Crippen LogP contribution in [0.4, 0.5) is 0 Å². The van der Waals surface area contributed by atoms with Crippen LogP contribution in [0.5, 0.6) is 0 Å². The third kappa shape index (κ3) is 5.43. The molecule has 1 aliphatic carbocycles. The lowest BCUT2D eigenvalue weighted by Gasteiger charge is -2.32. The Labute approximate surface area is 157 Å². The molecule has 0 unspecified atom stereocenters. The van der Waals surface area contributed by atoms with Crippen LogP contribution < -0.4 is 5.32 Å². The van der Waals surface area contributed by atoms with Gasteiger partial charge < -0.3 is 5.32 Å². The summed E-state index contributed by atoms with van der Waals surface area (Å²) in [5.41, 5.74) is 2.73. The van der Waals surface area contributed by atoms with Gasteiger partial charge >= 0.3 is 0 Å². The summed E-state index contributed by atoms with van der Waals surface area (Å²) < 4.78 is 0. The number of rotatable bonds is 7. The first kappa shape index (κ1) is 18.7.